The van der Waals surface area contributed by atoms with Gasteiger partial charge in [-0.1, -0.05) is 6.92 Å². The van der Waals surface area contributed by atoms with Crippen LogP contribution < -0.4 is 5.73 Å². The number of nitrogens with zero attached hydrogens (tertiary/aromatic N) is 2. The van der Waals surface area contributed by atoms with Crippen LogP contribution in [0.1, 0.15) is 30.5 Å². The number of aryl methyl sites for hydroxylation is 1. The highest BCUT2D eigenvalue weighted by Crippen LogP contribution is 2.10. The van der Waals surface area contributed by atoms with Gasteiger partial charge in [0.25, 0.3) is 0 Å². The van der Waals surface area contributed by atoms with Crippen molar-refractivity contribution < 1.29 is 0 Å². The van der Waals surface area contributed by atoms with Gasteiger partial charge in [0, 0.05) is 18.0 Å². The summed E-state index contributed by atoms with van der Waals surface area (Å²) in [5, 5.41) is 3.27. The van der Waals surface area contributed by atoms with Gasteiger partial charge in [-0.05, 0) is 33.4 Å². The molecule has 2 N–H and O–H groups in total. The molecule has 0 amide bonds. The zero-order chi connectivity index (χ0) is 11.3. The molecular weight excluding hydrogens is 206 g/mol. The van der Waals surface area contributed by atoms with Crippen molar-refractivity contribution in [1.82, 2.24) is 9.88 Å². The predicted molar refractivity (Wildman–Crippen MR) is 66.1 cm³/mol. The van der Waals surface area contributed by atoms with Crippen molar-refractivity contribution in [2.75, 3.05) is 13.6 Å². The molecule has 4 heteroatoms. The summed E-state index contributed by atoms with van der Waals surface area (Å²) in [6, 6.07) is 0.338. The number of aromatic nitrogens is 1. The second kappa shape index (κ2) is 6.20. The maximum absolute atomic E-state index is 5.88. The van der Waals surface area contributed by atoms with Crippen molar-refractivity contribution in [3.63, 3.8) is 0 Å². The minimum absolute atomic E-state index is 0.338. The Morgan fingerprint density at radius 1 is 1.60 bits per heavy atom. The Labute approximate surface area is 96.3 Å². The van der Waals surface area contributed by atoms with E-state index < -0.39 is 0 Å². The Hall–Kier alpha value is -0.450. The molecule has 3 nitrogen and oxygen atoms in total. The number of rotatable bonds is 6. The third kappa shape index (κ3) is 4.73. The fraction of sp³-hybridized carbons (Fsp3) is 0.727. The minimum Gasteiger partial charge on any atom is -0.328 e. The van der Waals surface area contributed by atoms with Crippen LogP contribution in [0, 0.1) is 6.92 Å². The summed E-state index contributed by atoms with van der Waals surface area (Å²) in [5.41, 5.74) is 7.05. The Morgan fingerprint density at radius 2 is 2.33 bits per heavy atom. The number of thiazole rings is 1. The molecule has 1 heterocycles. The minimum atomic E-state index is 0.338. The molecule has 0 fully saturated rings. The van der Waals surface area contributed by atoms with Crippen molar-refractivity contribution >= 4 is 11.3 Å². The maximum atomic E-state index is 5.88. The standard InChI is InChI=1S/C11H21N3S/c1-4-10(12)5-6-14(3)7-11-8-15-9(2)13-11/h8,10H,4-7,12H2,1-3H3. The topological polar surface area (TPSA) is 42.1 Å². The van der Waals surface area contributed by atoms with Gasteiger partial charge < -0.3 is 10.6 Å². The van der Waals surface area contributed by atoms with E-state index in [-0.39, 0.29) is 0 Å². The lowest BCUT2D eigenvalue weighted by Crippen LogP contribution is -2.27. The van der Waals surface area contributed by atoms with Crippen LogP contribution in [0.3, 0.4) is 0 Å². The van der Waals surface area contributed by atoms with E-state index in [9.17, 15) is 0 Å². The van der Waals surface area contributed by atoms with Crippen LogP contribution in [-0.2, 0) is 6.54 Å². The van der Waals surface area contributed by atoms with Crippen LogP contribution in [0.4, 0.5) is 0 Å². The molecule has 1 aromatic rings. The Kier molecular flexibility index (Phi) is 5.22. The normalized spacial score (nSPS) is 13.4. The number of hydrogen-bond donors (Lipinski definition) is 1. The summed E-state index contributed by atoms with van der Waals surface area (Å²) in [4.78, 5) is 6.73. The lowest BCUT2D eigenvalue weighted by atomic mass is 10.1. The Morgan fingerprint density at radius 3 is 2.87 bits per heavy atom. The van der Waals surface area contributed by atoms with Gasteiger partial charge in [0.2, 0.25) is 0 Å². The van der Waals surface area contributed by atoms with E-state index in [1.807, 2.05) is 6.92 Å². The number of nitrogens with two attached hydrogens (primary N) is 1. The monoisotopic (exact) mass is 227 g/mol. The first kappa shape index (κ1) is 12.6. The molecule has 15 heavy (non-hydrogen) atoms. The van der Waals surface area contributed by atoms with E-state index in [0.29, 0.717) is 6.04 Å². The van der Waals surface area contributed by atoms with Crippen LogP contribution in [0.2, 0.25) is 0 Å². The van der Waals surface area contributed by atoms with Gasteiger partial charge in [0.05, 0.1) is 10.7 Å². The zero-order valence-electron chi connectivity index (χ0n) is 9.86. The summed E-state index contributed by atoms with van der Waals surface area (Å²) in [7, 11) is 2.12. The molecule has 0 saturated heterocycles. The van der Waals surface area contributed by atoms with Gasteiger partial charge in [-0.2, -0.15) is 0 Å². The Balaban J connectivity index is 2.27. The lowest BCUT2D eigenvalue weighted by molar-refractivity contribution is 0.306. The molecule has 0 aliphatic rings. The first-order valence-electron chi connectivity index (χ1n) is 5.47. The molecule has 0 aromatic carbocycles. The highest BCUT2D eigenvalue weighted by molar-refractivity contribution is 7.09. The average molecular weight is 227 g/mol. The van der Waals surface area contributed by atoms with E-state index in [4.69, 9.17) is 5.73 Å². The third-order valence-corrected chi connectivity index (χ3v) is 3.33. The van der Waals surface area contributed by atoms with Crippen molar-refractivity contribution in [1.29, 1.82) is 0 Å². The van der Waals surface area contributed by atoms with Crippen molar-refractivity contribution in [2.24, 2.45) is 5.73 Å². The SMILES string of the molecule is CCC(N)CCN(C)Cc1csc(C)n1. The molecule has 1 aromatic heterocycles. The van der Waals surface area contributed by atoms with E-state index >= 15 is 0 Å². The first-order chi connectivity index (χ1) is 7.11. The lowest BCUT2D eigenvalue weighted by Gasteiger charge is -2.17. The fourth-order valence-electron chi connectivity index (χ4n) is 1.43. The molecule has 1 rings (SSSR count). The van der Waals surface area contributed by atoms with Gasteiger partial charge in [0.15, 0.2) is 0 Å². The van der Waals surface area contributed by atoms with Crippen LogP contribution in [0.15, 0.2) is 5.38 Å². The average Bonchev–Trinajstić information content (AvgIpc) is 2.60. The molecule has 86 valence electrons. The summed E-state index contributed by atoms with van der Waals surface area (Å²) in [6.07, 6.45) is 2.12. The molecule has 0 aliphatic heterocycles. The van der Waals surface area contributed by atoms with Gasteiger partial charge in [-0.25, -0.2) is 4.98 Å². The Bertz CT molecular complexity index is 285. The molecule has 0 bridgehead atoms. The predicted octanol–water partition coefficient (Wildman–Crippen LogP) is 2.01. The van der Waals surface area contributed by atoms with Crippen LogP contribution >= 0.6 is 11.3 Å². The molecule has 1 unspecified atom stereocenters. The van der Waals surface area contributed by atoms with Crippen molar-refractivity contribution in [3.05, 3.63) is 16.1 Å². The van der Waals surface area contributed by atoms with E-state index in [1.54, 1.807) is 11.3 Å². The highest BCUT2D eigenvalue weighted by atomic mass is 32.1. The molecule has 0 radical (unpaired) electrons. The van der Waals surface area contributed by atoms with E-state index in [1.165, 1.54) is 5.69 Å². The van der Waals surface area contributed by atoms with E-state index in [2.05, 4.69) is 29.2 Å². The smallest absolute Gasteiger partial charge is 0.0897 e. The molecule has 0 spiro atoms. The van der Waals surface area contributed by atoms with Crippen LogP contribution in [0.25, 0.3) is 0 Å². The zero-order valence-corrected chi connectivity index (χ0v) is 10.7. The molecular formula is C11H21N3S. The molecule has 0 saturated carbocycles. The second-order valence-electron chi connectivity index (χ2n) is 4.05. The van der Waals surface area contributed by atoms with Crippen molar-refractivity contribution in [3.8, 4) is 0 Å². The fourth-order valence-corrected chi connectivity index (χ4v) is 2.03. The quantitative estimate of drug-likeness (QED) is 0.808. The first-order valence-corrected chi connectivity index (χ1v) is 6.35. The van der Waals surface area contributed by atoms with Gasteiger partial charge in [0.1, 0.15) is 0 Å². The number of hydrogen-bond acceptors (Lipinski definition) is 4. The van der Waals surface area contributed by atoms with Gasteiger partial charge in [-0.3, -0.25) is 0 Å². The molecule has 1 atom stereocenters. The molecule has 0 aliphatic carbocycles. The second-order valence-corrected chi connectivity index (χ2v) is 5.11. The summed E-state index contributed by atoms with van der Waals surface area (Å²) in [6.45, 7) is 6.15. The summed E-state index contributed by atoms with van der Waals surface area (Å²) < 4.78 is 0. The van der Waals surface area contributed by atoms with Gasteiger partial charge >= 0.3 is 0 Å². The van der Waals surface area contributed by atoms with E-state index in [0.717, 1.165) is 30.9 Å². The van der Waals surface area contributed by atoms with Gasteiger partial charge in [-0.15, -0.1) is 11.3 Å². The van der Waals surface area contributed by atoms with Crippen molar-refractivity contribution in [2.45, 2.75) is 39.3 Å². The maximum Gasteiger partial charge on any atom is 0.0897 e. The third-order valence-electron chi connectivity index (χ3n) is 2.50. The van der Waals surface area contributed by atoms with Crippen LogP contribution in [0.5, 0.6) is 0 Å². The van der Waals surface area contributed by atoms with Crippen LogP contribution in [-0.4, -0.2) is 29.5 Å². The summed E-state index contributed by atoms with van der Waals surface area (Å²) in [5.74, 6) is 0. The largest absolute Gasteiger partial charge is 0.328 e. The highest BCUT2D eigenvalue weighted by Gasteiger charge is 2.05. The summed E-state index contributed by atoms with van der Waals surface area (Å²) >= 11 is 1.71.